The molecule has 6 heteroatoms. The van der Waals surface area contributed by atoms with Gasteiger partial charge in [0.05, 0.1) is 17.3 Å². The molecular formula is C15H16N2O3S. The van der Waals surface area contributed by atoms with Crippen LogP contribution in [-0.2, 0) is 11.2 Å². The summed E-state index contributed by atoms with van der Waals surface area (Å²) in [7, 11) is 0. The van der Waals surface area contributed by atoms with Gasteiger partial charge in [0, 0.05) is 29.6 Å². The standard InChI is InChI=1S/C15H16N2O3S/c1-4-20-15(19)10-7-17-8(2)5-13-14(16-9(3)21-13)11(17)6-12(10)18/h6-8H,4-5H2,1-3H3. The summed E-state index contributed by atoms with van der Waals surface area (Å²) in [6, 6.07) is 1.68. The average Bonchev–Trinajstić information content (AvgIpc) is 2.79. The van der Waals surface area contributed by atoms with Crippen LogP contribution >= 0.6 is 11.3 Å². The first-order valence-electron chi connectivity index (χ1n) is 6.91. The van der Waals surface area contributed by atoms with E-state index in [2.05, 4.69) is 11.9 Å². The molecule has 0 N–H and O–H groups in total. The monoisotopic (exact) mass is 304 g/mol. The Hall–Kier alpha value is -1.95. The predicted octanol–water partition coefficient (Wildman–Crippen LogP) is 2.57. The van der Waals surface area contributed by atoms with E-state index in [0.717, 1.165) is 22.8 Å². The normalized spacial score (nSPS) is 16.2. The van der Waals surface area contributed by atoms with E-state index >= 15 is 0 Å². The van der Waals surface area contributed by atoms with E-state index in [0.29, 0.717) is 0 Å². The number of fused-ring (bicyclic) bond motifs is 3. The number of esters is 1. The maximum Gasteiger partial charge on any atom is 0.343 e. The van der Waals surface area contributed by atoms with Gasteiger partial charge in [-0.3, -0.25) is 4.79 Å². The van der Waals surface area contributed by atoms with Gasteiger partial charge in [-0.2, -0.15) is 0 Å². The molecule has 5 nitrogen and oxygen atoms in total. The Bertz CT molecular complexity index is 776. The minimum atomic E-state index is -0.565. The number of carbonyl (C=O) groups is 1. The summed E-state index contributed by atoms with van der Waals surface area (Å²) in [6.07, 6.45) is 2.47. The van der Waals surface area contributed by atoms with Crippen molar-refractivity contribution < 1.29 is 9.53 Å². The van der Waals surface area contributed by atoms with Gasteiger partial charge in [-0.25, -0.2) is 9.78 Å². The van der Waals surface area contributed by atoms with Gasteiger partial charge in [0.1, 0.15) is 11.3 Å². The minimum absolute atomic E-state index is 0.0860. The second-order valence-corrected chi connectivity index (χ2v) is 6.41. The molecule has 21 heavy (non-hydrogen) atoms. The Labute approximate surface area is 126 Å². The molecule has 2 aromatic rings. The van der Waals surface area contributed by atoms with E-state index in [-0.39, 0.29) is 23.6 Å². The summed E-state index contributed by atoms with van der Waals surface area (Å²) in [4.78, 5) is 29.8. The van der Waals surface area contributed by atoms with E-state index in [1.807, 2.05) is 11.5 Å². The summed E-state index contributed by atoms with van der Waals surface area (Å²) in [5, 5.41) is 0.988. The molecule has 1 aliphatic heterocycles. The number of aromatic nitrogens is 2. The smallest absolute Gasteiger partial charge is 0.343 e. The van der Waals surface area contributed by atoms with Crippen LogP contribution in [0.4, 0.5) is 0 Å². The first-order chi connectivity index (χ1) is 10.0. The summed E-state index contributed by atoms with van der Waals surface area (Å²) in [5.74, 6) is -0.565. The number of hydrogen-bond acceptors (Lipinski definition) is 5. The van der Waals surface area contributed by atoms with Crippen molar-refractivity contribution in [1.82, 2.24) is 9.55 Å². The zero-order valence-electron chi connectivity index (χ0n) is 12.2. The molecule has 0 saturated carbocycles. The van der Waals surface area contributed by atoms with Crippen LogP contribution in [0.1, 0.15) is 40.1 Å². The molecule has 0 aromatic carbocycles. The number of carbonyl (C=O) groups excluding carboxylic acids is 1. The van der Waals surface area contributed by atoms with E-state index in [9.17, 15) is 9.59 Å². The number of pyridine rings is 1. The highest BCUT2D eigenvalue weighted by Crippen LogP contribution is 2.36. The van der Waals surface area contributed by atoms with Crippen LogP contribution < -0.4 is 5.43 Å². The Morgan fingerprint density at radius 2 is 2.33 bits per heavy atom. The number of nitrogens with zero attached hydrogens (tertiary/aromatic N) is 2. The number of hydrogen-bond donors (Lipinski definition) is 0. The van der Waals surface area contributed by atoms with Crippen LogP contribution in [0.25, 0.3) is 11.4 Å². The second-order valence-electron chi connectivity index (χ2n) is 5.12. The largest absolute Gasteiger partial charge is 0.462 e. The fraction of sp³-hybridized carbons (Fsp3) is 0.400. The summed E-state index contributed by atoms with van der Waals surface area (Å²) in [6.45, 7) is 6.01. The molecule has 1 unspecified atom stereocenters. The molecule has 3 rings (SSSR count). The SMILES string of the molecule is CCOC(=O)c1cn2c(cc1=O)-c1nc(C)sc1CC2C. The maximum atomic E-state index is 12.2. The second kappa shape index (κ2) is 5.11. The van der Waals surface area contributed by atoms with Crippen LogP contribution in [0.3, 0.4) is 0 Å². The van der Waals surface area contributed by atoms with Crippen molar-refractivity contribution >= 4 is 17.3 Å². The fourth-order valence-corrected chi connectivity index (χ4v) is 3.71. The zero-order valence-corrected chi connectivity index (χ0v) is 13.0. The molecule has 0 aliphatic carbocycles. The molecule has 1 aliphatic rings. The third-order valence-corrected chi connectivity index (χ3v) is 4.57. The van der Waals surface area contributed by atoms with Crippen LogP contribution in [0.2, 0.25) is 0 Å². The third-order valence-electron chi connectivity index (χ3n) is 3.58. The minimum Gasteiger partial charge on any atom is -0.462 e. The molecule has 1 atom stereocenters. The first-order valence-corrected chi connectivity index (χ1v) is 7.73. The van der Waals surface area contributed by atoms with Crippen LogP contribution in [-0.4, -0.2) is 22.1 Å². The highest BCUT2D eigenvalue weighted by Gasteiger charge is 2.26. The molecule has 3 heterocycles. The fourth-order valence-electron chi connectivity index (χ4n) is 2.64. The molecule has 110 valence electrons. The lowest BCUT2D eigenvalue weighted by Crippen LogP contribution is -2.24. The number of thiazole rings is 1. The summed E-state index contributed by atoms with van der Waals surface area (Å²) >= 11 is 1.66. The van der Waals surface area contributed by atoms with E-state index in [1.54, 1.807) is 24.5 Å². The van der Waals surface area contributed by atoms with E-state index in [4.69, 9.17) is 4.74 Å². The van der Waals surface area contributed by atoms with Gasteiger partial charge >= 0.3 is 5.97 Å². The average molecular weight is 304 g/mol. The van der Waals surface area contributed by atoms with Gasteiger partial charge in [0.15, 0.2) is 5.43 Å². The van der Waals surface area contributed by atoms with Gasteiger partial charge in [0.25, 0.3) is 0 Å². The van der Waals surface area contributed by atoms with Gasteiger partial charge < -0.3 is 9.30 Å². The number of aryl methyl sites for hydroxylation is 1. The highest BCUT2D eigenvalue weighted by atomic mass is 32.1. The molecule has 0 saturated heterocycles. The molecule has 0 amide bonds. The summed E-state index contributed by atoms with van der Waals surface area (Å²) < 4.78 is 6.90. The predicted molar refractivity (Wildman–Crippen MR) is 80.9 cm³/mol. The Balaban J connectivity index is 2.18. The van der Waals surface area contributed by atoms with Crippen LogP contribution in [0.15, 0.2) is 17.1 Å². The highest BCUT2D eigenvalue weighted by molar-refractivity contribution is 7.12. The van der Waals surface area contributed by atoms with E-state index < -0.39 is 5.97 Å². The zero-order chi connectivity index (χ0) is 15.1. The van der Waals surface area contributed by atoms with E-state index in [1.165, 1.54) is 10.9 Å². The Kier molecular flexibility index (Phi) is 3.41. The molecule has 0 bridgehead atoms. The molecule has 0 spiro atoms. The third kappa shape index (κ3) is 2.29. The van der Waals surface area contributed by atoms with Crippen LogP contribution in [0, 0.1) is 6.92 Å². The maximum absolute atomic E-state index is 12.2. The van der Waals surface area contributed by atoms with Gasteiger partial charge in [-0.1, -0.05) is 0 Å². The van der Waals surface area contributed by atoms with Gasteiger partial charge in [-0.15, -0.1) is 11.3 Å². The van der Waals surface area contributed by atoms with Crippen LogP contribution in [0.5, 0.6) is 0 Å². The van der Waals surface area contributed by atoms with Crippen molar-refractivity contribution in [3.8, 4) is 11.4 Å². The number of rotatable bonds is 2. The number of ether oxygens (including phenoxy) is 1. The van der Waals surface area contributed by atoms with Crippen molar-refractivity contribution in [2.45, 2.75) is 33.2 Å². The molecule has 2 aromatic heterocycles. The lowest BCUT2D eigenvalue weighted by molar-refractivity contribution is 0.0523. The topological polar surface area (TPSA) is 61.2 Å². The lowest BCUT2D eigenvalue weighted by atomic mass is 10.0. The lowest BCUT2D eigenvalue weighted by Gasteiger charge is -2.25. The molecule has 0 fully saturated rings. The van der Waals surface area contributed by atoms with Crippen molar-refractivity contribution in [1.29, 1.82) is 0 Å². The Morgan fingerprint density at radius 3 is 3.05 bits per heavy atom. The molecule has 0 radical (unpaired) electrons. The van der Waals surface area contributed by atoms with Crippen molar-refractivity contribution in [3.05, 3.63) is 37.9 Å². The van der Waals surface area contributed by atoms with Gasteiger partial charge in [-0.05, 0) is 20.8 Å². The van der Waals surface area contributed by atoms with Crippen molar-refractivity contribution in [2.24, 2.45) is 0 Å². The van der Waals surface area contributed by atoms with Crippen molar-refractivity contribution in [2.75, 3.05) is 6.61 Å². The summed E-state index contributed by atoms with van der Waals surface area (Å²) in [5.41, 5.74) is 1.42. The van der Waals surface area contributed by atoms with Gasteiger partial charge in [0.2, 0.25) is 0 Å². The first kappa shape index (κ1) is 14.0. The Morgan fingerprint density at radius 1 is 1.57 bits per heavy atom. The molecular weight excluding hydrogens is 288 g/mol. The quantitative estimate of drug-likeness (QED) is 0.800. The van der Waals surface area contributed by atoms with Crippen molar-refractivity contribution in [3.63, 3.8) is 0 Å².